The van der Waals surface area contributed by atoms with Crippen molar-refractivity contribution in [2.75, 3.05) is 4.72 Å². The van der Waals surface area contributed by atoms with E-state index in [0.717, 1.165) is 0 Å². The quantitative estimate of drug-likeness (QED) is 0.641. The predicted octanol–water partition coefficient (Wildman–Crippen LogP) is 3.34. The molecule has 0 aromatic heterocycles. The van der Waals surface area contributed by atoms with E-state index in [4.69, 9.17) is 11.6 Å². The van der Waals surface area contributed by atoms with Crippen LogP contribution in [0.5, 0.6) is 0 Å². The summed E-state index contributed by atoms with van der Waals surface area (Å²) in [4.78, 5) is 23.9. The molecule has 0 saturated carbocycles. The maximum atomic E-state index is 12.6. The van der Waals surface area contributed by atoms with Gasteiger partial charge in [0, 0.05) is 12.0 Å². The SMILES string of the molecule is CC(C)(C)CC(=O)NNC(=O)c1cccc(S(=O)(=O)Nc2ccccc2Cl)c1. The molecule has 0 aliphatic carbocycles. The Bertz CT molecular complexity index is 985. The molecule has 0 saturated heterocycles. The van der Waals surface area contributed by atoms with E-state index in [0.29, 0.717) is 0 Å². The van der Waals surface area contributed by atoms with Gasteiger partial charge >= 0.3 is 0 Å². The third-order valence-corrected chi connectivity index (χ3v) is 5.22. The number of amides is 2. The van der Waals surface area contributed by atoms with Gasteiger partial charge in [-0.15, -0.1) is 0 Å². The van der Waals surface area contributed by atoms with Crippen LogP contribution >= 0.6 is 11.6 Å². The molecule has 2 rings (SSSR count). The Labute approximate surface area is 169 Å². The number of carbonyl (C=O) groups is 2. The van der Waals surface area contributed by atoms with Crippen LogP contribution in [0.25, 0.3) is 0 Å². The van der Waals surface area contributed by atoms with Crippen LogP contribution < -0.4 is 15.6 Å². The van der Waals surface area contributed by atoms with Crippen LogP contribution in [0.3, 0.4) is 0 Å². The summed E-state index contributed by atoms with van der Waals surface area (Å²) in [6, 6.07) is 11.9. The van der Waals surface area contributed by atoms with Crippen LogP contribution in [0.15, 0.2) is 53.4 Å². The lowest BCUT2D eigenvalue weighted by atomic mass is 9.92. The molecule has 0 radical (unpaired) electrons. The van der Waals surface area contributed by atoms with Gasteiger partial charge in [0.05, 0.1) is 15.6 Å². The summed E-state index contributed by atoms with van der Waals surface area (Å²) in [7, 11) is -3.95. The zero-order valence-electron chi connectivity index (χ0n) is 15.7. The van der Waals surface area contributed by atoms with Crippen LogP contribution in [0.4, 0.5) is 5.69 Å². The lowest BCUT2D eigenvalue weighted by Crippen LogP contribution is -2.42. The highest BCUT2D eigenvalue weighted by Crippen LogP contribution is 2.24. The van der Waals surface area contributed by atoms with E-state index in [9.17, 15) is 18.0 Å². The summed E-state index contributed by atoms with van der Waals surface area (Å²) < 4.78 is 27.5. The number of halogens is 1. The van der Waals surface area contributed by atoms with Crippen molar-refractivity contribution in [3.05, 3.63) is 59.1 Å². The van der Waals surface area contributed by atoms with Crippen molar-refractivity contribution < 1.29 is 18.0 Å². The van der Waals surface area contributed by atoms with E-state index >= 15 is 0 Å². The summed E-state index contributed by atoms with van der Waals surface area (Å²) >= 11 is 5.98. The average Bonchev–Trinajstić information content (AvgIpc) is 2.60. The molecule has 0 heterocycles. The summed E-state index contributed by atoms with van der Waals surface area (Å²) in [6.45, 7) is 5.69. The van der Waals surface area contributed by atoms with Gasteiger partial charge in [-0.3, -0.25) is 25.2 Å². The summed E-state index contributed by atoms with van der Waals surface area (Å²) in [5, 5.41) is 0.251. The molecule has 2 aromatic carbocycles. The molecule has 2 aromatic rings. The maximum absolute atomic E-state index is 12.6. The molecule has 28 heavy (non-hydrogen) atoms. The first-order valence-corrected chi connectivity index (χ1v) is 10.3. The van der Waals surface area contributed by atoms with Gasteiger partial charge in [0.2, 0.25) is 5.91 Å². The first-order chi connectivity index (χ1) is 13.0. The number of hydrogen-bond donors (Lipinski definition) is 3. The van der Waals surface area contributed by atoms with E-state index in [2.05, 4.69) is 15.6 Å². The van der Waals surface area contributed by atoms with Gasteiger partial charge in [0.25, 0.3) is 15.9 Å². The molecule has 150 valence electrons. The van der Waals surface area contributed by atoms with E-state index in [1.807, 2.05) is 20.8 Å². The molecule has 0 spiro atoms. The Hall–Kier alpha value is -2.58. The second kappa shape index (κ2) is 8.62. The van der Waals surface area contributed by atoms with Crippen molar-refractivity contribution in [3.63, 3.8) is 0 Å². The summed E-state index contributed by atoms with van der Waals surface area (Å²) in [5.74, 6) is -0.970. The number of carbonyl (C=O) groups excluding carboxylic acids is 2. The smallest absolute Gasteiger partial charge is 0.269 e. The van der Waals surface area contributed by atoms with Crippen LogP contribution in [-0.4, -0.2) is 20.2 Å². The molecule has 2 amide bonds. The second-order valence-electron chi connectivity index (χ2n) is 7.35. The maximum Gasteiger partial charge on any atom is 0.269 e. The Morgan fingerprint density at radius 3 is 2.32 bits per heavy atom. The number of hydrazine groups is 1. The van der Waals surface area contributed by atoms with Crippen molar-refractivity contribution in [2.45, 2.75) is 32.1 Å². The Kier molecular flexibility index (Phi) is 6.69. The molecule has 0 unspecified atom stereocenters. The first-order valence-electron chi connectivity index (χ1n) is 8.44. The fraction of sp³-hybridized carbons (Fsp3) is 0.263. The van der Waals surface area contributed by atoms with E-state index < -0.39 is 15.9 Å². The number of hydrogen-bond acceptors (Lipinski definition) is 4. The Balaban J connectivity index is 2.11. The molecule has 3 N–H and O–H groups in total. The third-order valence-electron chi connectivity index (χ3n) is 3.53. The molecular weight excluding hydrogens is 402 g/mol. The summed E-state index contributed by atoms with van der Waals surface area (Å²) in [6.07, 6.45) is 0.226. The molecular formula is C19H22ClN3O4S. The van der Waals surface area contributed by atoms with Gasteiger partial charge in [-0.1, -0.05) is 50.6 Å². The number of rotatable bonds is 5. The Morgan fingerprint density at radius 1 is 1.00 bits per heavy atom. The lowest BCUT2D eigenvalue weighted by Gasteiger charge is -2.17. The minimum Gasteiger partial charge on any atom is -0.278 e. The molecule has 0 aliphatic rings. The van der Waals surface area contributed by atoms with E-state index in [1.165, 1.54) is 30.3 Å². The highest BCUT2D eigenvalue weighted by Gasteiger charge is 2.19. The average molecular weight is 424 g/mol. The highest BCUT2D eigenvalue weighted by atomic mass is 35.5. The molecule has 0 aliphatic heterocycles. The van der Waals surface area contributed by atoms with Crippen LogP contribution in [-0.2, 0) is 14.8 Å². The normalized spacial score (nSPS) is 11.6. The minimum atomic E-state index is -3.95. The van der Waals surface area contributed by atoms with Gasteiger partial charge in [-0.25, -0.2) is 8.42 Å². The van der Waals surface area contributed by atoms with Gasteiger partial charge < -0.3 is 0 Å². The van der Waals surface area contributed by atoms with Gasteiger partial charge in [-0.05, 0) is 35.7 Å². The van der Waals surface area contributed by atoms with Crippen LogP contribution in [0, 0.1) is 5.41 Å². The Morgan fingerprint density at radius 2 is 1.68 bits per heavy atom. The van der Waals surface area contributed by atoms with Crippen LogP contribution in [0.1, 0.15) is 37.6 Å². The predicted molar refractivity (Wildman–Crippen MR) is 108 cm³/mol. The fourth-order valence-electron chi connectivity index (χ4n) is 2.28. The van der Waals surface area contributed by atoms with E-state index in [-0.39, 0.29) is 38.9 Å². The van der Waals surface area contributed by atoms with Crippen molar-refractivity contribution >= 4 is 39.1 Å². The molecule has 0 fully saturated rings. The van der Waals surface area contributed by atoms with Gasteiger partial charge in [0.1, 0.15) is 0 Å². The second-order valence-corrected chi connectivity index (χ2v) is 9.44. The largest absolute Gasteiger partial charge is 0.278 e. The van der Waals surface area contributed by atoms with Crippen molar-refractivity contribution in [3.8, 4) is 0 Å². The standard InChI is InChI=1S/C19H22ClN3O4S/c1-19(2,3)12-17(24)21-22-18(25)13-7-6-8-14(11-13)28(26,27)23-16-10-5-4-9-15(16)20/h4-11,23H,12H2,1-3H3,(H,21,24)(H,22,25). The highest BCUT2D eigenvalue weighted by molar-refractivity contribution is 7.92. The van der Waals surface area contributed by atoms with Crippen molar-refractivity contribution in [1.82, 2.24) is 10.9 Å². The first kappa shape index (κ1) is 21.7. The molecule has 7 nitrogen and oxygen atoms in total. The van der Waals surface area contributed by atoms with Gasteiger partial charge in [-0.2, -0.15) is 0 Å². The zero-order valence-corrected chi connectivity index (χ0v) is 17.3. The number of sulfonamides is 1. The van der Waals surface area contributed by atoms with Gasteiger partial charge in [0.15, 0.2) is 0 Å². The number of anilines is 1. The molecule has 0 atom stereocenters. The van der Waals surface area contributed by atoms with E-state index in [1.54, 1.807) is 18.2 Å². The topological polar surface area (TPSA) is 104 Å². The minimum absolute atomic E-state index is 0.0816. The van der Waals surface area contributed by atoms with Crippen molar-refractivity contribution in [1.29, 1.82) is 0 Å². The number of para-hydroxylation sites is 1. The molecule has 0 bridgehead atoms. The van der Waals surface area contributed by atoms with Crippen LogP contribution in [0.2, 0.25) is 5.02 Å². The lowest BCUT2D eigenvalue weighted by molar-refractivity contribution is -0.123. The van der Waals surface area contributed by atoms with Crippen molar-refractivity contribution in [2.24, 2.45) is 5.41 Å². The molecule has 9 heteroatoms. The number of nitrogens with one attached hydrogen (secondary N) is 3. The third kappa shape index (κ3) is 6.24. The number of benzene rings is 2. The zero-order chi connectivity index (χ0) is 20.9. The summed E-state index contributed by atoms with van der Waals surface area (Å²) in [5.41, 5.74) is 4.69. The fourth-order valence-corrected chi connectivity index (χ4v) is 3.64. The monoisotopic (exact) mass is 423 g/mol.